The Labute approximate surface area is 205 Å². The molecule has 2 amide bonds. The fourth-order valence-corrected chi connectivity index (χ4v) is 4.91. The van der Waals surface area contributed by atoms with Gasteiger partial charge < -0.3 is 15.5 Å². The van der Waals surface area contributed by atoms with Crippen molar-refractivity contribution in [2.75, 3.05) is 5.32 Å². The van der Waals surface area contributed by atoms with Crippen molar-refractivity contribution in [3.05, 3.63) is 73.0 Å². The minimum absolute atomic E-state index is 0.115. The standard InChI is InChI=1S/C24H23N5O3S2/c1-16(23(31)26-18-10-5-6-12-20(18)34-17-8-3-2-4-9-17)33-24-28-27-22(19-11-7-15-32-19)29(24)14-13-21(25)30/h2-12,15-16H,13-14H2,1H3,(H2,25,30)(H,26,31). The van der Waals surface area contributed by atoms with E-state index in [-0.39, 0.29) is 18.9 Å². The van der Waals surface area contributed by atoms with Gasteiger partial charge in [-0.1, -0.05) is 53.9 Å². The summed E-state index contributed by atoms with van der Waals surface area (Å²) in [7, 11) is 0. The zero-order valence-electron chi connectivity index (χ0n) is 18.4. The molecule has 174 valence electrons. The van der Waals surface area contributed by atoms with E-state index in [1.807, 2.05) is 54.6 Å². The second-order valence-electron chi connectivity index (χ2n) is 7.31. The largest absolute Gasteiger partial charge is 0.461 e. The Balaban J connectivity index is 1.49. The predicted molar refractivity (Wildman–Crippen MR) is 132 cm³/mol. The molecule has 0 saturated carbocycles. The fourth-order valence-electron chi connectivity index (χ4n) is 3.11. The van der Waals surface area contributed by atoms with Crippen molar-refractivity contribution in [1.82, 2.24) is 14.8 Å². The highest BCUT2D eigenvalue weighted by Crippen LogP contribution is 2.34. The molecular formula is C24H23N5O3S2. The van der Waals surface area contributed by atoms with Crippen LogP contribution in [0.3, 0.4) is 0 Å². The topological polar surface area (TPSA) is 116 Å². The average molecular weight is 494 g/mol. The molecule has 34 heavy (non-hydrogen) atoms. The number of aromatic nitrogens is 3. The lowest BCUT2D eigenvalue weighted by Crippen LogP contribution is -2.23. The van der Waals surface area contributed by atoms with Crippen LogP contribution in [0.5, 0.6) is 0 Å². The van der Waals surface area contributed by atoms with E-state index in [9.17, 15) is 9.59 Å². The minimum Gasteiger partial charge on any atom is -0.461 e. The number of benzene rings is 2. The lowest BCUT2D eigenvalue weighted by molar-refractivity contribution is -0.118. The van der Waals surface area contributed by atoms with E-state index in [0.717, 1.165) is 15.5 Å². The normalized spacial score (nSPS) is 11.8. The number of amides is 2. The van der Waals surface area contributed by atoms with E-state index >= 15 is 0 Å². The van der Waals surface area contributed by atoms with Gasteiger partial charge in [-0.15, -0.1) is 10.2 Å². The molecule has 0 bridgehead atoms. The van der Waals surface area contributed by atoms with Gasteiger partial charge in [0, 0.05) is 22.8 Å². The van der Waals surface area contributed by atoms with E-state index in [1.165, 1.54) is 18.0 Å². The molecule has 0 radical (unpaired) electrons. The summed E-state index contributed by atoms with van der Waals surface area (Å²) in [5, 5.41) is 11.5. The molecule has 0 aliphatic heterocycles. The third-order valence-corrected chi connectivity index (χ3v) is 6.97. The Morgan fingerprint density at radius 1 is 1.06 bits per heavy atom. The number of thioether (sulfide) groups is 1. The molecule has 4 aromatic rings. The maximum Gasteiger partial charge on any atom is 0.237 e. The number of nitrogens with zero attached hydrogens (tertiary/aromatic N) is 3. The first-order valence-corrected chi connectivity index (χ1v) is 12.3. The highest BCUT2D eigenvalue weighted by Gasteiger charge is 2.22. The van der Waals surface area contributed by atoms with Gasteiger partial charge in [0.25, 0.3) is 0 Å². The summed E-state index contributed by atoms with van der Waals surface area (Å²) < 4.78 is 7.19. The first-order valence-electron chi connectivity index (χ1n) is 10.6. The molecule has 0 spiro atoms. The van der Waals surface area contributed by atoms with Crippen LogP contribution in [0.4, 0.5) is 5.69 Å². The number of para-hydroxylation sites is 1. The van der Waals surface area contributed by atoms with Gasteiger partial charge in [0.2, 0.25) is 11.8 Å². The number of primary amides is 1. The first kappa shape index (κ1) is 23.7. The van der Waals surface area contributed by atoms with Crippen LogP contribution >= 0.6 is 23.5 Å². The molecule has 0 aliphatic carbocycles. The highest BCUT2D eigenvalue weighted by molar-refractivity contribution is 8.00. The molecule has 2 aromatic carbocycles. The van der Waals surface area contributed by atoms with Crippen LogP contribution in [0.15, 0.2) is 92.4 Å². The van der Waals surface area contributed by atoms with Gasteiger partial charge in [0.15, 0.2) is 16.7 Å². The van der Waals surface area contributed by atoms with E-state index in [0.29, 0.717) is 16.7 Å². The monoisotopic (exact) mass is 493 g/mol. The minimum atomic E-state index is -0.476. The zero-order chi connectivity index (χ0) is 23.9. The van der Waals surface area contributed by atoms with E-state index in [2.05, 4.69) is 15.5 Å². The summed E-state index contributed by atoms with van der Waals surface area (Å²) in [6.07, 6.45) is 1.65. The van der Waals surface area contributed by atoms with Crippen LogP contribution in [-0.4, -0.2) is 31.8 Å². The van der Waals surface area contributed by atoms with E-state index < -0.39 is 11.2 Å². The van der Waals surface area contributed by atoms with Crippen LogP contribution in [0, 0.1) is 0 Å². The summed E-state index contributed by atoms with van der Waals surface area (Å²) >= 11 is 2.84. The zero-order valence-corrected chi connectivity index (χ0v) is 20.0. The number of furan rings is 1. The van der Waals surface area contributed by atoms with Crippen LogP contribution < -0.4 is 11.1 Å². The van der Waals surface area contributed by atoms with Gasteiger partial charge in [0.1, 0.15) is 0 Å². The fraction of sp³-hybridized carbons (Fsp3) is 0.167. The summed E-state index contributed by atoms with van der Waals surface area (Å²) in [6, 6.07) is 21.2. The Kier molecular flexibility index (Phi) is 7.71. The Morgan fingerprint density at radius 2 is 1.82 bits per heavy atom. The van der Waals surface area contributed by atoms with Crippen LogP contribution in [0.25, 0.3) is 11.6 Å². The summed E-state index contributed by atoms with van der Waals surface area (Å²) in [5.74, 6) is 0.391. The molecule has 1 unspecified atom stereocenters. The maximum atomic E-state index is 13.0. The van der Waals surface area contributed by atoms with E-state index in [4.69, 9.17) is 10.2 Å². The first-order chi connectivity index (χ1) is 16.5. The number of rotatable bonds is 10. The molecular weight excluding hydrogens is 470 g/mol. The number of hydrogen-bond donors (Lipinski definition) is 2. The Hall–Kier alpha value is -3.50. The predicted octanol–water partition coefficient (Wildman–Crippen LogP) is 4.68. The van der Waals surface area contributed by atoms with Crippen molar-refractivity contribution >= 4 is 41.0 Å². The van der Waals surface area contributed by atoms with Crippen molar-refractivity contribution in [3.8, 4) is 11.6 Å². The van der Waals surface area contributed by atoms with E-state index in [1.54, 1.807) is 35.4 Å². The van der Waals surface area contributed by atoms with Gasteiger partial charge in [-0.05, 0) is 43.3 Å². The molecule has 10 heteroatoms. The number of carbonyl (C=O) groups is 2. The molecule has 0 fully saturated rings. The van der Waals surface area contributed by atoms with Gasteiger partial charge in [-0.3, -0.25) is 14.2 Å². The third kappa shape index (κ3) is 5.89. The number of nitrogens with one attached hydrogen (secondary N) is 1. The lowest BCUT2D eigenvalue weighted by atomic mass is 10.3. The average Bonchev–Trinajstić information content (AvgIpc) is 3.49. The van der Waals surface area contributed by atoms with Crippen molar-refractivity contribution in [3.63, 3.8) is 0 Å². The summed E-state index contributed by atoms with van der Waals surface area (Å²) in [6.45, 7) is 2.08. The third-order valence-electron chi connectivity index (χ3n) is 4.81. The molecule has 3 N–H and O–H groups in total. The second-order valence-corrected chi connectivity index (χ2v) is 9.74. The molecule has 2 aromatic heterocycles. The summed E-state index contributed by atoms with van der Waals surface area (Å²) in [4.78, 5) is 26.4. The van der Waals surface area contributed by atoms with Gasteiger partial charge in [0.05, 0.1) is 17.2 Å². The number of carbonyl (C=O) groups excluding carboxylic acids is 2. The Bertz CT molecular complexity index is 1260. The molecule has 0 saturated heterocycles. The van der Waals surface area contributed by atoms with Gasteiger partial charge in [-0.25, -0.2) is 0 Å². The van der Waals surface area contributed by atoms with Crippen molar-refractivity contribution in [2.45, 2.75) is 40.1 Å². The maximum absolute atomic E-state index is 13.0. The van der Waals surface area contributed by atoms with Crippen LogP contribution in [0.2, 0.25) is 0 Å². The van der Waals surface area contributed by atoms with Crippen molar-refractivity contribution in [1.29, 1.82) is 0 Å². The van der Waals surface area contributed by atoms with Gasteiger partial charge in [-0.2, -0.15) is 0 Å². The Morgan fingerprint density at radius 3 is 2.56 bits per heavy atom. The van der Waals surface area contributed by atoms with Crippen molar-refractivity contribution < 1.29 is 14.0 Å². The second kappa shape index (κ2) is 11.1. The van der Waals surface area contributed by atoms with Crippen molar-refractivity contribution in [2.24, 2.45) is 5.73 Å². The smallest absolute Gasteiger partial charge is 0.237 e. The number of anilines is 1. The molecule has 4 rings (SSSR count). The quantitative estimate of drug-likeness (QED) is 0.308. The van der Waals surface area contributed by atoms with Gasteiger partial charge >= 0.3 is 0 Å². The highest BCUT2D eigenvalue weighted by atomic mass is 32.2. The molecule has 8 nitrogen and oxygen atoms in total. The van der Waals surface area contributed by atoms with Crippen LogP contribution in [-0.2, 0) is 16.1 Å². The summed E-state index contributed by atoms with van der Waals surface area (Å²) in [5.41, 5.74) is 6.08. The number of nitrogens with two attached hydrogens (primary N) is 1. The molecule has 0 aliphatic rings. The van der Waals surface area contributed by atoms with Crippen LogP contribution in [0.1, 0.15) is 13.3 Å². The molecule has 1 atom stereocenters. The number of hydrogen-bond acceptors (Lipinski definition) is 7. The lowest BCUT2D eigenvalue weighted by Gasteiger charge is -2.15. The molecule has 2 heterocycles. The SMILES string of the molecule is CC(Sc1nnc(-c2ccco2)n1CCC(N)=O)C(=O)Nc1ccccc1Sc1ccccc1.